The lowest BCUT2D eigenvalue weighted by atomic mass is 9.82. The van der Waals surface area contributed by atoms with Crippen LogP contribution in [-0.2, 0) is 16.0 Å². The number of nitrogens with zero attached hydrogens (tertiary/aromatic N) is 1. The third kappa shape index (κ3) is 4.19. The monoisotopic (exact) mass is 435 g/mol. The van der Waals surface area contributed by atoms with E-state index < -0.39 is 5.54 Å². The number of ether oxygens (including phenoxy) is 2. The van der Waals surface area contributed by atoms with Crippen molar-refractivity contribution >= 4 is 29.4 Å². The van der Waals surface area contributed by atoms with Crippen LogP contribution >= 0.6 is 11.6 Å². The number of hydrogen-bond donors (Lipinski definition) is 2. The Kier molecular flexibility index (Phi) is 6.04. The molecule has 30 heavy (non-hydrogen) atoms. The molecular formula is C21H26ClN3O5. The number of hydrogen-bond acceptors (Lipinski definition) is 5. The van der Waals surface area contributed by atoms with Gasteiger partial charge in [0, 0.05) is 19.5 Å². The predicted octanol–water partition coefficient (Wildman–Crippen LogP) is 2.41. The Hall–Kier alpha value is -2.48. The normalized spacial score (nSPS) is 19.7. The number of imide groups is 1. The number of rotatable bonds is 6. The van der Waals surface area contributed by atoms with E-state index in [1.165, 1.54) is 4.90 Å². The molecule has 0 atom stereocenters. The minimum Gasteiger partial charge on any atom is -0.486 e. The Morgan fingerprint density at radius 2 is 1.93 bits per heavy atom. The fourth-order valence-electron chi connectivity index (χ4n) is 4.33. The van der Waals surface area contributed by atoms with Crippen molar-refractivity contribution in [1.82, 2.24) is 15.5 Å². The summed E-state index contributed by atoms with van der Waals surface area (Å²) >= 11 is 6.23. The third-order valence-electron chi connectivity index (χ3n) is 5.91. The number of nitrogens with one attached hydrogen (secondary N) is 2. The van der Waals surface area contributed by atoms with Crippen LogP contribution in [0.4, 0.5) is 4.79 Å². The molecule has 2 heterocycles. The van der Waals surface area contributed by atoms with Crippen molar-refractivity contribution in [1.29, 1.82) is 0 Å². The van der Waals surface area contributed by atoms with Crippen molar-refractivity contribution in [3.05, 3.63) is 22.7 Å². The number of carbonyl (C=O) groups is 3. The average Bonchev–Trinajstić information content (AvgIpc) is 2.96. The lowest BCUT2D eigenvalue weighted by Crippen LogP contribution is -2.48. The van der Waals surface area contributed by atoms with Crippen LogP contribution in [-0.4, -0.2) is 54.6 Å². The Morgan fingerprint density at radius 3 is 2.73 bits per heavy atom. The fraction of sp³-hybridized carbons (Fsp3) is 0.571. The summed E-state index contributed by atoms with van der Waals surface area (Å²) in [5, 5.41) is 6.18. The molecule has 1 aliphatic carbocycles. The smallest absolute Gasteiger partial charge is 0.325 e. The van der Waals surface area contributed by atoms with Gasteiger partial charge in [-0.2, -0.15) is 0 Å². The van der Waals surface area contributed by atoms with Crippen LogP contribution in [0.15, 0.2) is 12.1 Å². The van der Waals surface area contributed by atoms with E-state index in [1.54, 1.807) is 6.07 Å². The highest BCUT2D eigenvalue weighted by atomic mass is 35.5. The van der Waals surface area contributed by atoms with Crippen LogP contribution in [0.25, 0.3) is 0 Å². The quantitative estimate of drug-likeness (QED) is 0.669. The van der Waals surface area contributed by atoms with Gasteiger partial charge in [0.25, 0.3) is 5.91 Å². The van der Waals surface area contributed by atoms with Crippen molar-refractivity contribution in [3.8, 4) is 11.5 Å². The number of carbonyl (C=O) groups excluding carboxylic acids is 3. The van der Waals surface area contributed by atoms with Crippen molar-refractivity contribution in [2.45, 2.75) is 50.5 Å². The molecule has 9 heteroatoms. The minimum atomic E-state index is -0.747. The first-order valence-electron chi connectivity index (χ1n) is 10.5. The summed E-state index contributed by atoms with van der Waals surface area (Å²) < 4.78 is 11.1. The topological polar surface area (TPSA) is 97.0 Å². The molecule has 0 aromatic heterocycles. The number of benzene rings is 1. The highest BCUT2D eigenvalue weighted by molar-refractivity contribution is 6.32. The Labute approximate surface area is 180 Å². The lowest BCUT2D eigenvalue weighted by Gasteiger charge is -2.30. The molecule has 3 aliphatic rings. The second kappa shape index (κ2) is 8.71. The summed E-state index contributed by atoms with van der Waals surface area (Å²) in [6.07, 6.45) is 4.97. The molecule has 1 aromatic carbocycles. The first kappa shape index (κ1) is 20.8. The maximum atomic E-state index is 12.7. The van der Waals surface area contributed by atoms with Crippen LogP contribution < -0.4 is 20.1 Å². The van der Waals surface area contributed by atoms with Gasteiger partial charge in [0.15, 0.2) is 11.5 Å². The van der Waals surface area contributed by atoms with E-state index in [4.69, 9.17) is 21.1 Å². The summed E-state index contributed by atoms with van der Waals surface area (Å²) in [5.74, 6) is 0.778. The van der Waals surface area contributed by atoms with Crippen LogP contribution in [0, 0.1) is 0 Å². The molecule has 8 nitrogen and oxygen atoms in total. The van der Waals surface area contributed by atoms with E-state index >= 15 is 0 Å². The number of urea groups is 1. The molecule has 162 valence electrons. The Balaban J connectivity index is 1.24. The van der Waals surface area contributed by atoms with Crippen LogP contribution in [0.1, 0.15) is 44.1 Å². The van der Waals surface area contributed by atoms with Gasteiger partial charge in [-0.25, -0.2) is 4.79 Å². The summed E-state index contributed by atoms with van der Waals surface area (Å²) in [6, 6.07) is 3.28. The van der Waals surface area contributed by atoms with Gasteiger partial charge < -0.3 is 20.1 Å². The van der Waals surface area contributed by atoms with Crippen molar-refractivity contribution < 1.29 is 23.9 Å². The maximum Gasteiger partial charge on any atom is 0.325 e. The zero-order chi connectivity index (χ0) is 21.1. The SMILES string of the molecule is O=C(CCN1C(=O)NC2(CCCCC2)C1=O)NCCc1cc(Cl)c2c(c1)OCCO2. The highest BCUT2D eigenvalue weighted by Crippen LogP contribution is 2.38. The molecule has 2 aliphatic heterocycles. The van der Waals surface area contributed by atoms with E-state index in [0.717, 1.165) is 24.8 Å². The van der Waals surface area contributed by atoms with Gasteiger partial charge in [0.2, 0.25) is 5.91 Å². The molecular weight excluding hydrogens is 410 g/mol. The second-order valence-corrected chi connectivity index (χ2v) is 8.39. The molecule has 0 radical (unpaired) electrons. The Morgan fingerprint density at radius 1 is 1.17 bits per heavy atom. The van der Waals surface area contributed by atoms with E-state index in [0.29, 0.717) is 55.5 Å². The van der Waals surface area contributed by atoms with Gasteiger partial charge in [0.05, 0.1) is 5.02 Å². The first-order valence-corrected chi connectivity index (χ1v) is 10.9. The minimum absolute atomic E-state index is 0.0805. The standard InChI is InChI=1S/C21H26ClN3O5/c22-15-12-14(13-16-18(15)30-11-10-29-16)4-8-23-17(26)5-9-25-19(27)21(24-20(25)28)6-2-1-3-7-21/h12-13H,1-11H2,(H,23,26)(H,24,28). The number of halogens is 1. The fourth-order valence-corrected chi connectivity index (χ4v) is 4.62. The first-order chi connectivity index (χ1) is 14.5. The van der Waals surface area contributed by atoms with Crippen LogP contribution in [0.2, 0.25) is 5.02 Å². The molecule has 1 saturated carbocycles. The largest absolute Gasteiger partial charge is 0.486 e. The summed E-state index contributed by atoms with van der Waals surface area (Å²) in [5.41, 5.74) is 0.182. The van der Waals surface area contributed by atoms with Gasteiger partial charge >= 0.3 is 6.03 Å². The van der Waals surface area contributed by atoms with Gasteiger partial charge in [-0.15, -0.1) is 0 Å². The molecule has 2 N–H and O–H groups in total. The van der Waals surface area contributed by atoms with Crippen molar-refractivity contribution in [2.24, 2.45) is 0 Å². The van der Waals surface area contributed by atoms with Gasteiger partial charge in [0.1, 0.15) is 18.8 Å². The Bertz CT molecular complexity index is 853. The molecule has 0 unspecified atom stereocenters. The maximum absolute atomic E-state index is 12.7. The van der Waals surface area contributed by atoms with Gasteiger partial charge in [-0.3, -0.25) is 14.5 Å². The van der Waals surface area contributed by atoms with Crippen LogP contribution in [0.5, 0.6) is 11.5 Å². The lowest BCUT2D eigenvalue weighted by molar-refractivity contribution is -0.132. The van der Waals surface area contributed by atoms with E-state index in [2.05, 4.69) is 10.6 Å². The van der Waals surface area contributed by atoms with Gasteiger partial charge in [-0.05, 0) is 37.0 Å². The van der Waals surface area contributed by atoms with E-state index in [9.17, 15) is 14.4 Å². The molecule has 1 saturated heterocycles. The molecule has 2 fully saturated rings. The zero-order valence-electron chi connectivity index (χ0n) is 16.8. The highest BCUT2D eigenvalue weighted by Gasteiger charge is 2.51. The van der Waals surface area contributed by atoms with Crippen molar-refractivity contribution in [3.63, 3.8) is 0 Å². The number of fused-ring (bicyclic) bond motifs is 1. The molecule has 4 amide bonds. The third-order valence-corrected chi connectivity index (χ3v) is 6.19. The van der Waals surface area contributed by atoms with E-state index in [1.807, 2.05) is 6.07 Å². The second-order valence-electron chi connectivity index (χ2n) is 7.98. The number of amides is 4. The summed E-state index contributed by atoms with van der Waals surface area (Å²) in [7, 11) is 0. The van der Waals surface area contributed by atoms with Crippen LogP contribution in [0.3, 0.4) is 0 Å². The zero-order valence-corrected chi connectivity index (χ0v) is 17.6. The average molecular weight is 436 g/mol. The summed E-state index contributed by atoms with van der Waals surface area (Å²) in [6.45, 7) is 1.46. The molecule has 1 spiro atoms. The molecule has 4 rings (SSSR count). The summed E-state index contributed by atoms with van der Waals surface area (Å²) in [4.78, 5) is 38.4. The molecule has 1 aromatic rings. The predicted molar refractivity (Wildman–Crippen MR) is 110 cm³/mol. The molecule has 0 bridgehead atoms. The van der Waals surface area contributed by atoms with E-state index in [-0.39, 0.29) is 30.8 Å². The van der Waals surface area contributed by atoms with Gasteiger partial charge in [-0.1, -0.05) is 30.9 Å². The van der Waals surface area contributed by atoms with Crippen molar-refractivity contribution in [2.75, 3.05) is 26.3 Å².